The molecule has 0 saturated heterocycles. The summed E-state index contributed by atoms with van der Waals surface area (Å²) in [4.78, 5) is 16.4. The lowest BCUT2D eigenvalue weighted by atomic mass is 9.87. The SMILES string of the molecule is CC.CC(C)(C)OC(=O)NC(C)(C)c1cc(-c2ccc(F)cc2)nc(C(N)(CN)C(F)(F)F)c1. The van der Waals surface area contributed by atoms with Crippen LogP contribution in [0, 0.1) is 5.82 Å². The van der Waals surface area contributed by atoms with Crippen molar-refractivity contribution in [1.82, 2.24) is 10.3 Å². The summed E-state index contributed by atoms with van der Waals surface area (Å²) in [5.41, 5.74) is 6.46. The highest BCUT2D eigenvalue weighted by molar-refractivity contribution is 5.69. The minimum atomic E-state index is -4.89. The van der Waals surface area contributed by atoms with Crippen LogP contribution >= 0.6 is 0 Å². The molecule has 0 fully saturated rings. The highest BCUT2D eigenvalue weighted by Gasteiger charge is 2.54. The van der Waals surface area contributed by atoms with E-state index in [9.17, 15) is 22.4 Å². The van der Waals surface area contributed by atoms with Gasteiger partial charge in [0.25, 0.3) is 0 Å². The Hall–Kier alpha value is -2.72. The van der Waals surface area contributed by atoms with Crippen molar-refractivity contribution in [3.63, 3.8) is 0 Å². The second kappa shape index (κ2) is 10.7. The molecule has 6 nitrogen and oxygen atoms in total. The summed E-state index contributed by atoms with van der Waals surface area (Å²) in [6.07, 6.45) is -5.64. The number of hydrogen-bond acceptors (Lipinski definition) is 5. The Bertz CT molecular complexity index is 970. The molecule has 1 amide bonds. The average molecular weight is 487 g/mol. The number of ether oxygens (including phenoxy) is 1. The Kier molecular flexibility index (Phi) is 9.22. The maximum Gasteiger partial charge on any atom is 0.413 e. The van der Waals surface area contributed by atoms with E-state index in [-0.39, 0.29) is 11.3 Å². The van der Waals surface area contributed by atoms with Crippen LogP contribution in [0.3, 0.4) is 0 Å². The number of rotatable bonds is 5. The van der Waals surface area contributed by atoms with Crippen molar-refractivity contribution in [1.29, 1.82) is 0 Å². The molecule has 1 aromatic carbocycles. The first-order valence-corrected chi connectivity index (χ1v) is 10.8. The highest BCUT2D eigenvalue weighted by Crippen LogP contribution is 2.38. The number of aromatic nitrogens is 1. The minimum Gasteiger partial charge on any atom is -0.444 e. The molecule has 1 unspecified atom stereocenters. The number of carbonyl (C=O) groups excluding carboxylic acids is 1. The third-order valence-corrected chi connectivity index (χ3v) is 4.79. The third-order valence-electron chi connectivity index (χ3n) is 4.79. The largest absolute Gasteiger partial charge is 0.444 e. The van der Waals surface area contributed by atoms with Gasteiger partial charge in [0.15, 0.2) is 5.54 Å². The molecule has 34 heavy (non-hydrogen) atoms. The normalized spacial score (nSPS) is 13.9. The number of nitrogens with one attached hydrogen (secondary N) is 1. The number of nitrogens with two attached hydrogens (primary N) is 2. The van der Waals surface area contributed by atoms with E-state index >= 15 is 0 Å². The van der Waals surface area contributed by atoms with E-state index in [0.29, 0.717) is 5.56 Å². The van der Waals surface area contributed by atoms with Crippen molar-refractivity contribution in [3.05, 3.63) is 53.5 Å². The van der Waals surface area contributed by atoms with Gasteiger partial charge in [0.2, 0.25) is 0 Å². The fraction of sp³-hybridized carbons (Fsp3) is 0.500. The fourth-order valence-electron chi connectivity index (χ4n) is 2.88. The number of carbonyl (C=O) groups is 1. The van der Waals surface area contributed by atoms with Crippen LogP contribution in [0.15, 0.2) is 36.4 Å². The van der Waals surface area contributed by atoms with E-state index in [1.54, 1.807) is 34.6 Å². The van der Waals surface area contributed by atoms with Crippen molar-refractivity contribution in [2.75, 3.05) is 6.54 Å². The van der Waals surface area contributed by atoms with Gasteiger partial charge >= 0.3 is 12.3 Å². The van der Waals surface area contributed by atoms with Crippen LogP contribution in [0.2, 0.25) is 0 Å². The number of hydrogen-bond donors (Lipinski definition) is 3. The molecular formula is C24H34F4N4O2. The fourth-order valence-corrected chi connectivity index (χ4v) is 2.88. The summed E-state index contributed by atoms with van der Waals surface area (Å²) >= 11 is 0. The Balaban J connectivity index is 0.00000281. The lowest BCUT2D eigenvalue weighted by molar-refractivity contribution is -0.187. The summed E-state index contributed by atoms with van der Waals surface area (Å²) in [6.45, 7) is 11.3. The van der Waals surface area contributed by atoms with Crippen molar-refractivity contribution >= 4 is 6.09 Å². The number of nitrogens with zero attached hydrogens (tertiary/aromatic N) is 1. The molecule has 0 aliphatic carbocycles. The number of alkyl halides is 3. The summed E-state index contributed by atoms with van der Waals surface area (Å²) in [6, 6.07) is 7.75. The summed E-state index contributed by atoms with van der Waals surface area (Å²) < 4.78 is 60.1. The molecule has 0 aliphatic rings. The quantitative estimate of drug-likeness (QED) is 0.495. The Labute approximate surface area is 198 Å². The number of alkyl carbamates (subject to hydrolysis) is 1. The minimum absolute atomic E-state index is 0.115. The molecule has 190 valence electrons. The molecule has 0 aliphatic heterocycles. The van der Waals surface area contributed by atoms with E-state index in [1.165, 1.54) is 18.2 Å². The maximum atomic E-state index is 13.8. The third kappa shape index (κ3) is 7.14. The predicted molar refractivity (Wildman–Crippen MR) is 124 cm³/mol. The van der Waals surface area contributed by atoms with Gasteiger partial charge in [0.05, 0.1) is 16.9 Å². The molecule has 0 bridgehead atoms. The van der Waals surface area contributed by atoms with Crippen LogP contribution in [-0.4, -0.2) is 29.4 Å². The molecule has 5 N–H and O–H groups in total. The molecule has 2 rings (SSSR count). The van der Waals surface area contributed by atoms with E-state index in [1.807, 2.05) is 13.8 Å². The zero-order valence-electron chi connectivity index (χ0n) is 20.6. The summed E-state index contributed by atoms with van der Waals surface area (Å²) in [7, 11) is 0. The molecule has 10 heteroatoms. The molecule has 1 atom stereocenters. The Morgan fingerprint density at radius 1 is 1.03 bits per heavy atom. The van der Waals surface area contributed by atoms with E-state index < -0.39 is 47.0 Å². The van der Waals surface area contributed by atoms with E-state index in [4.69, 9.17) is 16.2 Å². The van der Waals surface area contributed by atoms with Gasteiger partial charge in [-0.3, -0.25) is 4.98 Å². The number of benzene rings is 1. The first-order valence-electron chi connectivity index (χ1n) is 10.8. The predicted octanol–water partition coefficient (Wildman–Crippen LogP) is 5.35. The standard InChI is InChI=1S/C22H28F4N4O2.C2H6/c1-19(2,3)32-18(31)30-20(4,5)14-10-16(13-6-8-15(23)9-7-13)29-17(11-14)21(28,12-27)22(24,25)26;1-2/h6-11H,12,27-28H2,1-5H3,(H,30,31);1-2H3. The first-order chi connectivity index (χ1) is 15.5. The van der Waals surface area contributed by atoms with Gasteiger partial charge in [-0.1, -0.05) is 13.8 Å². The van der Waals surface area contributed by atoms with Crippen molar-refractivity contribution in [3.8, 4) is 11.3 Å². The topological polar surface area (TPSA) is 103 Å². The van der Waals surface area contributed by atoms with E-state index in [2.05, 4.69) is 10.3 Å². The Morgan fingerprint density at radius 2 is 1.56 bits per heavy atom. The smallest absolute Gasteiger partial charge is 0.413 e. The zero-order chi connectivity index (χ0) is 26.5. The van der Waals surface area contributed by atoms with Crippen LogP contribution in [0.5, 0.6) is 0 Å². The van der Waals surface area contributed by atoms with Gasteiger partial charge in [-0.15, -0.1) is 0 Å². The molecule has 0 radical (unpaired) electrons. The number of halogens is 4. The van der Waals surface area contributed by atoms with Crippen molar-refractivity contribution in [2.24, 2.45) is 11.5 Å². The van der Waals surface area contributed by atoms with Crippen LogP contribution in [-0.2, 0) is 15.8 Å². The van der Waals surface area contributed by atoms with Crippen molar-refractivity contribution < 1.29 is 27.1 Å². The second-order valence-corrected chi connectivity index (χ2v) is 9.06. The monoisotopic (exact) mass is 486 g/mol. The molecule has 0 spiro atoms. The second-order valence-electron chi connectivity index (χ2n) is 9.06. The van der Waals surface area contributed by atoms with Crippen LogP contribution in [0.25, 0.3) is 11.3 Å². The van der Waals surface area contributed by atoms with Gasteiger partial charge in [-0.25, -0.2) is 9.18 Å². The maximum absolute atomic E-state index is 13.8. The van der Waals surface area contributed by atoms with Gasteiger partial charge in [-0.2, -0.15) is 13.2 Å². The van der Waals surface area contributed by atoms with Crippen molar-refractivity contribution in [2.45, 2.75) is 71.3 Å². The number of amides is 1. The van der Waals surface area contributed by atoms with Gasteiger partial charge in [-0.05, 0) is 76.6 Å². The van der Waals surface area contributed by atoms with Gasteiger partial charge < -0.3 is 21.5 Å². The number of pyridine rings is 1. The van der Waals surface area contributed by atoms with Crippen LogP contribution in [0.1, 0.15) is 59.7 Å². The molecular weight excluding hydrogens is 452 g/mol. The van der Waals surface area contributed by atoms with Gasteiger partial charge in [0, 0.05) is 12.1 Å². The summed E-state index contributed by atoms with van der Waals surface area (Å²) in [5, 5.41) is 2.65. The molecule has 1 aromatic heterocycles. The van der Waals surface area contributed by atoms with Crippen LogP contribution in [0.4, 0.5) is 22.4 Å². The van der Waals surface area contributed by atoms with Gasteiger partial charge in [0.1, 0.15) is 11.4 Å². The van der Waals surface area contributed by atoms with E-state index in [0.717, 1.165) is 18.2 Å². The molecule has 1 heterocycles. The average Bonchev–Trinajstić information content (AvgIpc) is 2.72. The lowest BCUT2D eigenvalue weighted by Crippen LogP contribution is -2.56. The van der Waals surface area contributed by atoms with Crippen LogP contribution < -0.4 is 16.8 Å². The Morgan fingerprint density at radius 3 is 2.00 bits per heavy atom. The molecule has 2 aromatic rings. The molecule has 0 saturated carbocycles. The lowest BCUT2D eigenvalue weighted by Gasteiger charge is -2.33. The highest BCUT2D eigenvalue weighted by atomic mass is 19.4. The first kappa shape index (κ1) is 29.3. The summed E-state index contributed by atoms with van der Waals surface area (Å²) in [5.74, 6) is -0.512. The zero-order valence-corrected chi connectivity index (χ0v) is 20.6.